The van der Waals surface area contributed by atoms with E-state index in [1.807, 2.05) is 18.9 Å². The summed E-state index contributed by atoms with van der Waals surface area (Å²) in [5.41, 5.74) is 3.64. The van der Waals surface area contributed by atoms with E-state index in [1.165, 1.54) is 11.1 Å². The predicted octanol–water partition coefficient (Wildman–Crippen LogP) is 3.11. The molecule has 0 spiro atoms. The maximum absolute atomic E-state index is 11.6. The standard InChI is InChI=1S/C14H21NO/c1-5-6-13(16)10-15(4)14-8-7-11(2)9-12(14)3/h7-9H,5-6,10H2,1-4H3. The number of nitrogens with zero attached hydrogens (tertiary/aromatic N) is 1. The molecule has 0 atom stereocenters. The van der Waals surface area contributed by atoms with E-state index in [0.717, 1.165) is 12.1 Å². The number of hydrogen-bond acceptors (Lipinski definition) is 2. The lowest BCUT2D eigenvalue weighted by Crippen LogP contribution is -2.25. The minimum Gasteiger partial charge on any atom is -0.367 e. The normalized spacial score (nSPS) is 10.2. The molecule has 1 aromatic carbocycles. The Morgan fingerprint density at radius 2 is 2.00 bits per heavy atom. The Kier molecular flexibility index (Phi) is 4.53. The van der Waals surface area contributed by atoms with Crippen LogP contribution in [0.2, 0.25) is 0 Å². The molecule has 0 bridgehead atoms. The fraction of sp³-hybridized carbons (Fsp3) is 0.500. The van der Waals surface area contributed by atoms with Crippen LogP contribution in [0.5, 0.6) is 0 Å². The molecule has 0 aliphatic rings. The molecule has 0 aromatic heterocycles. The number of Topliss-reactive ketones (excluding diaryl/α,β-unsaturated/α-hetero) is 1. The number of ketones is 1. The molecule has 1 rings (SSSR count). The van der Waals surface area contributed by atoms with Gasteiger partial charge in [0.2, 0.25) is 0 Å². The summed E-state index contributed by atoms with van der Waals surface area (Å²) in [6.07, 6.45) is 1.61. The van der Waals surface area contributed by atoms with Crippen molar-refractivity contribution < 1.29 is 4.79 Å². The summed E-state index contributed by atoms with van der Waals surface area (Å²) < 4.78 is 0. The van der Waals surface area contributed by atoms with Gasteiger partial charge in [-0.25, -0.2) is 0 Å². The maximum atomic E-state index is 11.6. The molecule has 0 N–H and O–H groups in total. The van der Waals surface area contributed by atoms with Gasteiger partial charge in [-0.2, -0.15) is 0 Å². The number of likely N-dealkylation sites (N-methyl/N-ethyl adjacent to an activating group) is 1. The lowest BCUT2D eigenvalue weighted by molar-refractivity contribution is -0.117. The molecule has 2 heteroatoms. The minimum atomic E-state index is 0.310. The van der Waals surface area contributed by atoms with Crippen LogP contribution in [0.1, 0.15) is 30.9 Å². The molecule has 0 aliphatic carbocycles. The van der Waals surface area contributed by atoms with E-state index < -0.39 is 0 Å². The molecule has 0 fully saturated rings. The molecule has 0 saturated carbocycles. The van der Waals surface area contributed by atoms with Gasteiger partial charge in [0.15, 0.2) is 5.78 Å². The quantitative estimate of drug-likeness (QED) is 0.758. The van der Waals surface area contributed by atoms with Crippen molar-refractivity contribution in [2.75, 3.05) is 18.5 Å². The van der Waals surface area contributed by atoms with Crippen molar-refractivity contribution in [2.24, 2.45) is 0 Å². The third-order valence-corrected chi connectivity index (χ3v) is 2.71. The first-order valence-electron chi connectivity index (χ1n) is 5.84. The Balaban J connectivity index is 2.72. The molecule has 16 heavy (non-hydrogen) atoms. The molecule has 0 heterocycles. The Hall–Kier alpha value is -1.31. The van der Waals surface area contributed by atoms with Crippen LogP contribution in [0.25, 0.3) is 0 Å². The van der Waals surface area contributed by atoms with Crippen molar-refractivity contribution in [3.05, 3.63) is 29.3 Å². The molecule has 1 aromatic rings. The minimum absolute atomic E-state index is 0.310. The van der Waals surface area contributed by atoms with E-state index in [0.29, 0.717) is 18.7 Å². The second-order valence-electron chi connectivity index (χ2n) is 4.43. The fourth-order valence-electron chi connectivity index (χ4n) is 1.94. The molecule has 0 saturated heterocycles. The first kappa shape index (κ1) is 12.8. The van der Waals surface area contributed by atoms with Crippen molar-refractivity contribution in [3.63, 3.8) is 0 Å². The van der Waals surface area contributed by atoms with Crippen molar-refractivity contribution in [1.82, 2.24) is 0 Å². The number of carbonyl (C=O) groups is 1. The van der Waals surface area contributed by atoms with Gasteiger partial charge < -0.3 is 4.90 Å². The van der Waals surface area contributed by atoms with Crippen LogP contribution in [0.3, 0.4) is 0 Å². The number of rotatable bonds is 5. The number of aryl methyl sites for hydroxylation is 2. The Morgan fingerprint density at radius 1 is 1.31 bits per heavy atom. The molecule has 0 aliphatic heterocycles. The topological polar surface area (TPSA) is 20.3 Å². The van der Waals surface area contributed by atoms with Gasteiger partial charge in [-0.1, -0.05) is 24.6 Å². The third-order valence-electron chi connectivity index (χ3n) is 2.71. The van der Waals surface area contributed by atoms with Crippen molar-refractivity contribution in [2.45, 2.75) is 33.6 Å². The van der Waals surface area contributed by atoms with Gasteiger partial charge in [0.05, 0.1) is 6.54 Å². The van der Waals surface area contributed by atoms with Gasteiger partial charge in [-0.05, 0) is 31.9 Å². The van der Waals surface area contributed by atoms with Gasteiger partial charge in [0.1, 0.15) is 0 Å². The summed E-state index contributed by atoms with van der Waals surface area (Å²) in [5.74, 6) is 0.310. The molecular formula is C14H21NO. The van der Waals surface area contributed by atoms with Crippen molar-refractivity contribution in [3.8, 4) is 0 Å². The zero-order valence-electron chi connectivity index (χ0n) is 10.7. The van der Waals surface area contributed by atoms with Crippen molar-refractivity contribution in [1.29, 1.82) is 0 Å². The van der Waals surface area contributed by atoms with Crippen LogP contribution in [0.4, 0.5) is 5.69 Å². The summed E-state index contributed by atoms with van der Waals surface area (Å²) in [6.45, 7) is 6.72. The molecule has 2 nitrogen and oxygen atoms in total. The highest BCUT2D eigenvalue weighted by atomic mass is 16.1. The fourth-order valence-corrected chi connectivity index (χ4v) is 1.94. The summed E-state index contributed by atoms with van der Waals surface area (Å²) in [5, 5.41) is 0. The molecular weight excluding hydrogens is 198 g/mol. The maximum Gasteiger partial charge on any atom is 0.152 e. The van der Waals surface area contributed by atoms with Crippen LogP contribution in [-0.4, -0.2) is 19.4 Å². The zero-order valence-corrected chi connectivity index (χ0v) is 10.7. The Bertz CT molecular complexity index is 371. The second-order valence-corrected chi connectivity index (χ2v) is 4.43. The van der Waals surface area contributed by atoms with Gasteiger partial charge in [0.25, 0.3) is 0 Å². The Morgan fingerprint density at radius 3 is 2.56 bits per heavy atom. The summed E-state index contributed by atoms with van der Waals surface area (Å²) in [4.78, 5) is 13.6. The molecule has 0 unspecified atom stereocenters. The van der Waals surface area contributed by atoms with Crippen LogP contribution >= 0.6 is 0 Å². The van der Waals surface area contributed by atoms with E-state index in [4.69, 9.17) is 0 Å². The summed E-state index contributed by atoms with van der Waals surface area (Å²) in [7, 11) is 1.98. The van der Waals surface area contributed by atoms with E-state index in [2.05, 4.69) is 32.0 Å². The van der Waals surface area contributed by atoms with Crippen LogP contribution in [0, 0.1) is 13.8 Å². The highest BCUT2D eigenvalue weighted by Crippen LogP contribution is 2.19. The second kappa shape index (κ2) is 5.69. The predicted molar refractivity (Wildman–Crippen MR) is 69.1 cm³/mol. The smallest absolute Gasteiger partial charge is 0.152 e. The summed E-state index contributed by atoms with van der Waals surface area (Å²) >= 11 is 0. The Labute approximate surface area is 98.3 Å². The average Bonchev–Trinajstić information content (AvgIpc) is 2.17. The van der Waals surface area contributed by atoms with Gasteiger partial charge in [-0.15, -0.1) is 0 Å². The lowest BCUT2D eigenvalue weighted by atomic mass is 10.1. The van der Waals surface area contributed by atoms with E-state index >= 15 is 0 Å². The van der Waals surface area contributed by atoms with Gasteiger partial charge in [-0.3, -0.25) is 4.79 Å². The van der Waals surface area contributed by atoms with Gasteiger partial charge in [0, 0.05) is 19.2 Å². The van der Waals surface area contributed by atoms with Crippen molar-refractivity contribution >= 4 is 11.5 Å². The van der Waals surface area contributed by atoms with Gasteiger partial charge >= 0.3 is 0 Å². The number of carbonyl (C=O) groups excluding carboxylic acids is 1. The summed E-state index contributed by atoms with van der Waals surface area (Å²) in [6, 6.07) is 6.32. The highest BCUT2D eigenvalue weighted by Gasteiger charge is 2.08. The van der Waals surface area contributed by atoms with E-state index in [1.54, 1.807) is 0 Å². The zero-order chi connectivity index (χ0) is 12.1. The lowest BCUT2D eigenvalue weighted by Gasteiger charge is -2.20. The number of anilines is 1. The van der Waals surface area contributed by atoms with E-state index in [9.17, 15) is 4.79 Å². The number of hydrogen-bond donors (Lipinski definition) is 0. The first-order valence-corrected chi connectivity index (χ1v) is 5.84. The van der Waals surface area contributed by atoms with Crippen LogP contribution in [0.15, 0.2) is 18.2 Å². The average molecular weight is 219 g/mol. The van der Waals surface area contributed by atoms with Crippen LogP contribution < -0.4 is 4.90 Å². The SMILES string of the molecule is CCCC(=O)CN(C)c1ccc(C)cc1C. The van der Waals surface area contributed by atoms with E-state index in [-0.39, 0.29) is 0 Å². The molecule has 0 amide bonds. The largest absolute Gasteiger partial charge is 0.367 e. The van der Waals surface area contributed by atoms with Crippen LogP contribution in [-0.2, 0) is 4.79 Å². The third kappa shape index (κ3) is 3.37. The molecule has 0 radical (unpaired) electrons. The highest BCUT2D eigenvalue weighted by molar-refractivity contribution is 5.83. The first-order chi connectivity index (χ1) is 7.54. The monoisotopic (exact) mass is 219 g/mol. The molecule has 88 valence electrons. The number of benzene rings is 1.